The van der Waals surface area contributed by atoms with Gasteiger partial charge in [-0.2, -0.15) is 0 Å². The summed E-state index contributed by atoms with van der Waals surface area (Å²) < 4.78 is 0. The Morgan fingerprint density at radius 1 is 1.19 bits per heavy atom. The number of aromatic nitrogens is 1. The van der Waals surface area contributed by atoms with Crippen LogP contribution < -0.4 is 10.6 Å². The van der Waals surface area contributed by atoms with Gasteiger partial charge in [-0.1, -0.05) is 0 Å². The van der Waals surface area contributed by atoms with Crippen LogP contribution in [0.5, 0.6) is 0 Å². The maximum Gasteiger partial charge on any atom is 0.191 e. The Bertz CT molecular complexity index is 604. The van der Waals surface area contributed by atoms with Crippen molar-refractivity contribution in [2.24, 2.45) is 4.99 Å². The highest BCUT2D eigenvalue weighted by molar-refractivity contribution is 14.0. The van der Waals surface area contributed by atoms with Gasteiger partial charge >= 0.3 is 0 Å². The molecule has 0 saturated heterocycles. The molecule has 0 aliphatic carbocycles. The van der Waals surface area contributed by atoms with E-state index in [4.69, 9.17) is 0 Å². The summed E-state index contributed by atoms with van der Waals surface area (Å²) in [6, 6.07) is 2.14. The summed E-state index contributed by atoms with van der Waals surface area (Å²) >= 11 is 3.50. The number of hydrogen-bond donors (Lipinski definition) is 2. The monoisotopic (exact) mass is 436 g/mol. The van der Waals surface area contributed by atoms with Crippen molar-refractivity contribution >= 4 is 52.6 Å². The van der Waals surface area contributed by atoms with E-state index in [1.54, 1.807) is 29.7 Å². The molecule has 0 aromatic carbocycles. The second-order valence-electron chi connectivity index (χ2n) is 4.55. The van der Waals surface area contributed by atoms with Gasteiger partial charge in [-0.3, -0.25) is 4.99 Å². The molecule has 7 heteroatoms. The first-order valence-electron chi connectivity index (χ1n) is 6.50. The quantitative estimate of drug-likeness (QED) is 0.438. The lowest BCUT2D eigenvalue weighted by molar-refractivity contribution is 0.816. The molecule has 2 rings (SSSR count). The Balaban J connectivity index is 0.00000220. The number of thiophene rings is 1. The third kappa shape index (κ3) is 5.23. The van der Waals surface area contributed by atoms with E-state index in [-0.39, 0.29) is 24.0 Å². The van der Waals surface area contributed by atoms with Crippen molar-refractivity contribution in [3.8, 4) is 0 Å². The van der Waals surface area contributed by atoms with E-state index in [1.165, 1.54) is 15.3 Å². The zero-order valence-electron chi connectivity index (χ0n) is 12.7. The number of rotatable bonds is 4. The summed E-state index contributed by atoms with van der Waals surface area (Å²) in [5, 5.41) is 9.90. The fourth-order valence-corrected chi connectivity index (χ4v) is 3.59. The predicted octanol–water partition coefficient (Wildman–Crippen LogP) is 3.61. The molecule has 0 spiro atoms. The van der Waals surface area contributed by atoms with Crippen LogP contribution in [0.15, 0.2) is 16.4 Å². The van der Waals surface area contributed by atoms with E-state index in [9.17, 15) is 0 Å². The van der Waals surface area contributed by atoms with Gasteiger partial charge < -0.3 is 10.6 Å². The summed E-state index contributed by atoms with van der Waals surface area (Å²) in [6.45, 7) is 7.79. The molecule has 0 radical (unpaired) electrons. The Morgan fingerprint density at radius 2 is 1.86 bits per heavy atom. The van der Waals surface area contributed by atoms with Crippen molar-refractivity contribution in [2.45, 2.75) is 33.9 Å². The molecule has 21 heavy (non-hydrogen) atoms. The van der Waals surface area contributed by atoms with Crippen LogP contribution in [0, 0.1) is 20.8 Å². The zero-order chi connectivity index (χ0) is 14.5. The van der Waals surface area contributed by atoms with Crippen molar-refractivity contribution in [2.75, 3.05) is 7.05 Å². The Kier molecular flexibility index (Phi) is 7.61. The normalized spacial score (nSPS) is 11.1. The largest absolute Gasteiger partial charge is 0.352 e. The highest BCUT2D eigenvalue weighted by Gasteiger charge is 2.06. The summed E-state index contributed by atoms with van der Waals surface area (Å²) in [5.41, 5.74) is 2.43. The summed E-state index contributed by atoms with van der Waals surface area (Å²) in [4.78, 5) is 11.3. The number of halogens is 1. The lowest BCUT2D eigenvalue weighted by Crippen LogP contribution is -2.36. The number of thiazole rings is 1. The SMILES string of the molecule is CN=C(NCc1sccc1C)NCc1sc(C)nc1C.I. The van der Waals surface area contributed by atoms with E-state index < -0.39 is 0 Å². The molecular formula is C14H21IN4S2. The van der Waals surface area contributed by atoms with Gasteiger partial charge in [0.25, 0.3) is 0 Å². The maximum absolute atomic E-state index is 4.43. The molecule has 2 N–H and O–H groups in total. The van der Waals surface area contributed by atoms with E-state index in [0.29, 0.717) is 0 Å². The minimum Gasteiger partial charge on any atom is -0.352 e. The Hall–Kier alpha value is -0.670. The molecule has 2 aromatic rings. The number of hydrogen-bond acceptors (Lipinski definition) is 4. The van der Waals surface area contributed by atoms with Crippen LogP contribution in [0.3, 0.4) is 0 Å². The van der Waals surface area contributed by atoms with Gasteiger partial charge in [0.15, 0.2) is 5.96 Å². The molecule has 2 aromatic heterocycles. The highest BCUT2D eigenvalue weighted by atomic mass is 127. The minimum absolute atomic E-state index is 0. The van der Waals surface area contributed by atoms with Gasteiger partial charge in [0, 0.05) is 16.8 Å². The first-order chi connectivity index (χ1) is 9.60. The molecule has 0 fully saturated rings. The zero-order valence-corrected chi connectivity index (χ0v) is 16.7. The maximum atomic E-state index is 4.43. The third-order valence-electron chi connectivity index (χ3n) is 3.02. The highest BCUT2D eigenvalue weighted by Crippen LogP contribution is 2.17. The molecule has 0 atom stereocenters. The topological polar surface area (TPSA) is 49.3 Å². The Labute approximate surface area is 151 Å². The second kappa shape index (κ2) is 8.70. The average molecular weight is 436 g/mol. The van der Waals surface area contributed by atoms with Crippen molar-refractivity contribution in [3.05, 3.63) is 37.5 Å². The fraction of sp³-hybridized carbons (Fsp3) is 0.429. The van der Waals surface area contributed by atoms with Crippen molar-refractivity contribution in [1.29, 1.82) is 0 Å². The molecule has 4 nitrogen and oxygen atoms in total. The minimum atomic E-state index is 0. The molecular weight excluding hydrogens is 415 g/mol. The number of nitrogens with zero attached hydrogens (tertiary/aromatic N) is 2. The van der Waals surface area contributed by atoms with Crippen LogP contribution in [-0.4, -0.2) is 18.0 Å². The molecule has 116 valence electrons. The molecule has 0 aliphatic heterocycles. The summed E-state index contributed by atoms with van der Waals surface area (Å²) in [5.74, 6) is 0.822. The van der Waals surface area contributed by atoms with Gasteiger partial charge in [-0.05, 0) is 37.8 Å². The first-order valence-corrected chi connectivity index (χ1v) is 8.20. The van der Waals surface area contributed by atoms with E-state index in [2.05, 4.69) is 39.0 Å². The van der Waals surface area contributed by atoms with Gasteiger partial charge in [0.2, 0.25) is 0 Å². The number of guanidine groups is 1. The Morgan fingerprint density at radius 3 is 2.33 bits per heavy atom. The van der Waals surface area contributed by atoms with Gasteiger partial charge in [-0.25, -0.2) is 4.98 Å². The first kappa shape index (κ1) is 18.4. The fourth-order valence-electron chi connectivity index (χ4n) is 1.87. The van der Waals surface area contributed by atoms with Gasteiger partial charge in [-0.15, -0.1) is 46.7 Å². The molecule has 0 bridgehead atoms. The van der Waals surface area contributed by atoms with Crippen molar-refractivity contribution in [1.82, 2.24) is 15.6 Å². The number of aryl methyl sites for hydroxylation is 3. The predicted molar refractivity (Wildman–Crippen MR) is 103 cm³/mol. The lowest BCUT2D eigenvalue weighted by atomic mass is 10.3. The van der Waals surface area contributed by atoms with Crippen LogP contribution in [0.2, 0.25) is 0 Å². The summed E-state index contributed by atoms with van der Waals surface area (Å²) in [7, 11) is 1.79. The smallest absolute Gasteiger partial charge is 0.191 e. The van der Waals surface area contributed by atoms with Gasteiger partial charge in [0.05, 0.1) is 23.8 Å². The molecule has 2 heterocycles. The van der Waals surface area contributed by atoms with Crippen molar-refractivity contribution < 1.29 is 0 Å². The van der Waals surface area contributed by atoms with E-state index >= 15 is 0 Å². The van der Waals surface area contributed by atoms with Crippen LogP contribution >= 0.6 is 46.7 Å². The van der Waals surface area contributed by atoms with E-state index in [0.717, 1.165) is 29.8 Å². The summed E-state index contributed by atoms with van der Waals surface area (Å²) in [6.07, 6.45) is 0. The molecule has 0 unspecified atom stereocenters. The molecule has 0 amide bonds. The van der Waals surface area contributed by atoms with Crippen LogP contribution in [-0.2, 0) is 13.1 Å². The number of nitrogens with one attached hydrogen (secondary N) is 2. The third-order valence-corrected chi connectivity index (χ3v) is 5.12. The van der Waals surface area contributed by atoms with Crippen LogP contribution in [0.25, 0.3) is 0 Å². The standard InChI is InChI=1S/C14H20N4S2.HI/c1-9-5-6-19-12(9)7-16-14(15-4)17-8-13-10(2)18-11(3)20-13;/h5-6H,7-8H2,1-4H3,(H2,15,16,17);1H. The molecule has 0 saturated carbocycles. The van der Waals surface area contributed by atoms with E-state index in [1.807, 2.05) is 13.8 Å². The molecule has 0 aliphatic rings. The lowest BCUT2D eigenvalue weighted by Gasteiger charge is -2.11. The van der Waals surface area contributed by atoms with Crippen LogP contribution in [0.1, 0.15) is 26.0 Å². The second-order valence-corrected chi connectivity index (χ2v) is 6.84. The van der Waals surface area contributed by atoms with Crippen molar-refractivity contribution in [3.63, 3.8) is 0 Å². The van der Waals surface area contributed by atoms with Crippen LogP contribution in [0.4, 0.5) is 0 Å². The number of aliphatic imine (C=N–C) groups is 1. The average Bonchev–Trinajstić information content (AvgIpc) is 2.96. The van der Waals surface area contributed by atoms with Gasteiger partial charge in [0.1, 0.15) is 0 Å².